The Morgan fingerprint density at radius 3 is 1.86 bits per heavy atom. The van der Waals surface area contributed by atoms with Crippen molar-refractivity contribution in [3.8, 4) is 0 Å². The van der Waals surface area contributed by atoms with Crippen molar-refractivity contribution in [2.24, 2.45) is 0 Å². The largest absolute Gasteiger partial charge is 0.469 e. The fraction of sp³-hybridized carbons (Fsp3) is 0.750. The SMILES string of the molecule is CCCCCCCCOC(=O)C1=C(C(=O)OC)C2(CCCCCCC)C=CC1(CCC(=O)OC)O2. The number of hydrogen-bond acceptors (Lipinski definition) is 7. The molecule has 2 aliphatic rings. The van der Waals surface area contributed by atoms with E-state index in [1.807, 2.05) is 12.2 Å². The van der Waals surface area contributed by atoms with Gasteiger partial charge in [-0.3, -0.25) is 4.79 Å². The third kappa shape index (κ3) is 7.42. The van der Waals surface area contributed by atoms with Crippen molar-refractivity contribution in [2.45, 2.75) is 115 Å². The number of rotatable bonds is 18. The van der Waals surface area contributed by atoms with Gasteiger partial charge in [0.2, 0.25) is 0 Å². The second-order valence-corrected chi connectivity index (χ2v) is 9.60. The summed E-state index contributed by atoms with van der Waals surface area (Å²) < 4.78 is 22.0. The molecule has 0 aromatic carbocycles. The Bertz CT molecular complexity index is 784. The molecule has 0 aromatic heterocycles. The van der Waals surface area contributed by atoms with Gasteiger partial charge in [-0.1, -0.05) is 71.6 Å². The van der Waals surface area contributed by atoms with Gasteiger partial charge in [-0.25, -0.2) is 9.59 Å². The molecule has 0 saturated heterocycles. The van der Waals surface area contributed by atoms with Crippen LogP contribution >= 0.6 is 0 Å². The van der Waals surface area contributed by atoms with E-state index < -0.39 is 29.1 Å². The van der Waals surface area contributed by atoms with Crippen molar-refractivity contribution < 1.29 is 33.3 Å². The number of esters is 3. The Morgan fingerprint density at radius 1 is 0.714 bits per heavy atom. The van der Waals surface area contributed by atoms with Crippen LogP contribution in [0.5, 0.6) is 0 Å². The van der Waals surface area contributed by atoms with Gasteiger partial charge in [0.05, 0.1) is 32.0 Å². The number of carbonyl (C=O) groups is 3. The van der Waals surface area contributed by atoms with Crippen LogP contribution in [0.1, 0.15) is 104 Å². The molecular weight excluding hydrogens is 448 g/mol. The molecule has 0 saturated carbocycles. The lowest BCUT2D eigenvalue weighted by Gasteiger charge is -2.27. The average Bonchev–Trinajstić information content (AvgIpc) is 3.38. The normalized spacial score (nSPS) is 22.5. The third-order valence-corrected chi connectivity index (χ3v) is 6.99. The molecule has 35 heavy (non-hydrogen) atoms. The molecule has 0 aromatic rings. The second-order valence-electron chi connectivity index (χ2n) is 9.60. The molecule has 2 bridgehead atoms. The highest BCUT2D eigenvalue weighted by molar-refractivity contribution is 6.06. The van der Waals surface area contributed by atoms with Crippen LogP contribution in [0, 0.1) is 0 Å². The summed E-state index contributed by atoms with van der Waals surface area (Å²) in [4.78, 5) is 38.3. The molecular formula is C28H44O7. The average molecular weight is 493 g/mol. The molecule has 2 aliphatic heterocycles. The van der Waals surface area contributed by atoms with Crippen molar-refractivity contribution in [1.29, 1.82) is 0 Å². The van der Waals surface area contributed by atoms with Gasteiger partial charge in [0, 0.05) is 6.42 Å². The van der Waals surface area contributed by atoms with Gasteiger partial charge in [-0.15, -0.1) is 0 Å². The molecule has 198 valence electrons. The molecule has 0 N–H and O–H groups in total. The van der Waals surface area contributed by atoms with E-state index in [1.54, 1.807) is 0 Å². The zero-order valence-electron chi connectivity index (χ0n) is 22.1. The first kappa shape index (κ1) is 29.1. The van der Waals surface area contributed by atoms with Crippen molar-refractivity contribution in [3.05, 3.63) is 23.3 Å². The predicted molar refractivity (Wildman–Crippen MR) is 134 cm³/mol. The van der Waals surface area contributed by atoms with Crippen molar-refractivity contribution in [1.82, 2.24) is 0 Å². The molecule has 7 heteroatoms. The van der Waals surface area contributed by atoms with Crippen molar-refractivity contribution in [2.75, 3.05) is 20.8 Å². The Morgan fingerprint density at radius 2 is 1.26 bits per heavy atom. The first-order chi connectivity index (χ1) is 16.9. The molecule has 2 unspecified atom stereocenters. The summed E-state index contributed by atoms with van der Waals surface area (Å²) in [5.74, 6) is -1.56. The first-order valence-electron chi connectivity index (χ1n) is 13.4. The molecule has 2 heterocycles. The van der Waals surface area contributed by atoms with Gasteiger partial charge in [-0.2, -0.15) is 0 Å². The van der Waals surface area contributed by atoms with Crippen molar-refractivity contribution >= 4 is 17.9 Å². The fourth-order valence-electron chi connectivity index (χ4n) is 5.03. The van der Waals surface area contributed by atoms with Gasteiger partial charge in [-0.05, 0) is 37.8 Å². The monoisotopic (exact) mass is 492 g/mol. The van der Waals surface area contributed by atoms with E-state index in [-0.39, 0.29) is 30.6 Å². The maximum Gasteiger partial charge on any atom is 0.337 e. The first-order valence-corrected chi connectivity index (χ1v) is 13.4. The fourth-order valence-corrected chi connectivity index (χ4v) is 5.03. The van der Waals surface area contributed by atoms with Crippen LogP contribution in [0.15, 0.2) is 23.3 Å². The summed E-state index contributed by atoms with van der Waals surface area (Å²) in [5.41, 5.74) is -1.84. The summed E-state index contributed by atoms with van der Waals surface area (Å²) in [7, 11) is 2.63. The lowest BCUT2D eigenvalue weighted by Crippen LogP contribution is -2.34. The number of hydrogen-bond donors (Lipinski definition) is 0. The molecule has 2 atom stereocenters. The standard InChI is InChI=1S/C28H44O7/c1-5-7-9-11-13-15-21-34-26(31)24-23(25(30)33-4)27(17-14-12-10-8-6-2)19-20-28(24,35-27)18-16-22(29)32-3/h19-20H,5-18,21H2,1-4H3. The number of methoxy groups -OCH3 is 2. The van der Waals surface area contributed by atoms with E-state index in [4.69, 9.17) is 18.9 Å². The minimum atomic E-state index is -1.20. The Hall–Kier alpha value is -2.15. The van der Waals surface area contributed by atoms with Crippen LogP contribution in [0.4, 0.5) is 0 Å². The van der Waals surface area contributed by atoms with Gasteiger partial charge < -0.3 is 18.9 Å². The lowest BCUT2D eigenvalue weighted by molar-refractivity contribution is -0.145. The van der Waals surface area contributed by atoms with Crippen LogP contribution in [0.3, 0.4) is 0 Å². The quantitative estimate of drug-likeness (QED) is 0.104. The van der Waals surface area contributed by atoms with Crippen molar-refractivity contribution in [3.63, 3.8) is 0 Å². The number of unbranched alkanes of at least 4 members (excludes halogenated alkanes) is 9. The Kier molecular flexibility index (Phi) is 12.0. The van der Waals surface area contributed by atoms with E-state index in [0.29, 0.717) is 6.42 Å². The van der Waals surface area contributed by atoms with Crippen LogP contribution in [-0.4, -0.2) is 49.9 Å². The zero-order valence-corrected chi connectivity index (χ0v) is 22.1. The van der Waals surface area contributed by atoms with E-state index >= 15 is 0 Å². The summed E-state index contributed by atoms with van der Waals surface area (Å²) in [6.07, 6.45) is 16.2. The number of fused-ring (bicyclic) bond motifs is 2. The molecule has 0 fully saturated rings. The summed E-state index contributed by atoms with van der Waals surface area (Å²) >= 11 is 0. The maximum absolute atomic E-state index is 13.4. The highest BCUT2D eigenvalue weighted by atomic mass is 16.6. The topological polar surface area (TPSA) is 88.1 Å². The molecule has 0 amide bonds. The Balaban J connectivity index is 2.23. The molecule has 0 spiro atoms. The molecule has 0 radical (unpaired) electrons. The second kappa shape index (κ2) is 14.4. The molecule has 0 aliphatic carbocycles. The maximum atomic E-state index is 13.4. The number of ether oxygens (including phenoxy) is 4. The van der Waals surface area contributed by atoms with Gasteiger partial charge >= 0.3 is 17.9 Å². The van der Waals surface area contributed by atoms with Crippen LogP contribution < -0.4 is 0 Å². The van der Waals surface area contributed by atoms with E-state index in [9.17, 15) is 14.4 Å². The van der Waals surface area contributed by atoms with Gasteiger partial charge in [0.1, 0.15) is 11.2 Å². The van der Waals surface area contributed by atoms with Gasteiger partial charge in [0.15, 0.2) is 0 Å². The summed E-state index contributed by atoms with van der Waals surface area (Å²) in [6, 6.07) is 0. The third-order valence-electron chi connectivity index (χ3n) is 6.99. The summed E-state index contributed by atoms with van der Waals surface area (Å²) in [6.45, 7) is 4.62. The highest BCUT2D eigenvalue weighted by Gasteiger charge is 2.61. The van der Waals surface area contributed by atoms with Crippen LogP contribution in [0.25, 0.3) is 0 Å². The van der Waals surface area contributed by atoms with Crippen LogP contribution in [-0.2, 0) is 33.3 Å². The zero-order chi connectivity index (χ0) is 25.7. The van der Waals surface area contributed by atoms with E-state index in [0.717, 1.165) is 51.4 Å². The minimum Gasteiger partial charge on any atom is -0.469 e. The number of carbonyl (C=O) groups excluding carboxylic acids is 3. The van der Waals surface area contributed by atoms with E-state index in [1.165, 1.54) is 33.5 Å². The highest BCUT2D eigenvalue weighted by Crippen LogP contribution is 2.54. The molecule has 2 rings (SSSR count). The smallest absolute Gasteiger partial charge is 0.337 e. The Labute approximate surface area is 210 Å². The minimum absolute atomic E-state index is 0.0517. The summed E-state index contributed by atoms with van der Waals surface area (Å²) in [5, 5.41) is 0. The predicted octanol–water partition coefficient (Wildman–Crippen LogP) is 5.75. The van der Waals surface area contributed by atoms with Crippen LogP contribution in [0.2, 0.25) is 0 Å². The molecule has 7 nitrogen and oxygen atoms in total. The lowest BCUT2D eigenvalue weighted by atomic mass is 9.77. The van der Waals surface area contributed by atoms with Gasteiger partial charge in [0.25, 0.3) is 0 Å². The van der Waals surface area contributed by atoms with E-state index in [2.05, 4.69) is 13.8 Å².